The van der Waals surface area contributed by atoms with Gasteiger partial charge in [-0.05, 0) is 37.5 Å². The zero-order valence-electron chi connectivity index (χ0n) is 10.2. The van der Waals surface area contributed by atoms with Crippen LogP contribution in [0.3, 0.4) is 0 Å². The van der Waals surface area contributed by atoms with Crippen LogP contribution in [0.25, 0.3) is 0 Å². The van der Waals surface area contributed by atoms with Crippen molar-refractivity contribution in [2.45, 2.75) is 39.3 Å². The van der Waals surface area contributed by atoms with Crippen LogP contribution in [0.5, 0.6) is 0 Å². The van der Waals surface area contributed by atoms with Gasteiger partial charge in [0.25, 0.3) is 0 Å². The molecule has 0 aliphatic heterocycles. The van der Waals surface area contributed by atoms with Crippen molar-refractivity contribution in [2.75, 3.05) is 6.61 Å². The summed E-state index contributed by atoms with van der Waals surface area (Å²) in [6.07, 6.45) is 0.851. The molecule has 1 unspecified atom stereocenters. The molecular formula is C13H20FNO. The van der Waals surface area contributed by atoms with Crippen molar-refractivity contribution in [3.05, 3.63) is 35.1 Å². The Morgan fingerprint density at radius 3 is 2.62 bits per heavy atom. The number of benzene rings is 1. The van der Waals surface area contributed by atoms with Crippen LogP contribution in [0.15, 0.2) is 18.2 Å². The van der Waals surface area contributed by atoms with Gasteiger partial charge in [-0.25, -0.2) is 4.39 Å². The first-order valence-electron chi connectivity index (χ1n) is 5.61. The molecule has 0 heterocycles. The predicted molar refractivity (Wildman–Crippen MR) is 63.8 cm³/mol. The van der Waals surface area contributed by atoms with Crippen LogP contribution >= 0.6 is 0 Å². The van der Waals surface area contributed by atoms with Crippen molar-refractivity contribution >= 4 is 0 Å². The summed E-state index contributed by atoms with van der Waals surface area (Å²) in [5, 5.41) is 12.5. The summed E-state index contributed by atoms with van der Waals surface area (Å²) >= 11 is 0. The molecule has 90 valence electrons. The summed E-state index contributed by atoms with van der Waals surface area (Å²) in [6.45, 7) is 6.50. The Balaban J connectivity index is 2.64. The minimum absolute atomic E-state index is 0.101. The Kier molecular flexibility index (Phi) is 4.44. The average Bonchev–Trinajstić information content (AvgIpc) is 2.30. The van der Waals surface area contributed by atoms with E-state index in [0.29, 0.717) is 12.1 Å². The molecule has 0 aliphatic carbocycles. The lowest BCUT2D eigenvalue weighted by molar-refractivity contribution is 0.169. The first kappa shape index (κ1) is 13.1. The molecule has 0 amide bonds. The Hall–Kier alpha value is -0.930. The largest absolute Gasteiger partial charge is 0.394 e. The van der Waals surface area contributed by atoms with Gasteiger partial charge in [0.2, 0.25) is 0 Å². The summed E-state index contributed by atoms with van der Waals surface area (Å²) in [4.78, 5) is 0. The van der Waals surface area contributed by atoms with Gasteiger partial charge in [-0.2, -0.15) is 0 Å². The number of nitrogens with one attached hydrogen (secondary N) is 1. The lowest BCUT2D eigenvalue weighted by Crippen LogP contribution is -2.44. The first-order valence-corrected chi connectivity index (χ1v) is 5.61. The highest BCUT2D eigenvalue weighted by atomic mass is 19.1. The van der Waals surface area contributed by atoms with E-state index >= 15 is 0 Å². The van der Waals surface area contributed by atoms with Gasteiger partial charge < -0.3 is 10.4 Å². The van der Waals surface area contributed by atoms with Gasteiger partial charge in [-0.3, -0.25) is 0 Å². The fourth-order valence-electron chi connectivity index (χ4n) is 1.42. The molecule has 0 fully saturated rings. The van der Waals surface area contributed by atoms with E-state index in [-0.39, 0.29) is 18.0 Å². The molecule has 0 saturated heterocycles. The zero-order valence-corrected chi connectivity index (χ0v) is 10.2. The van der Waals surface area contributed by atoms with E-state index in [4.69, 9.17) is 0 Å². The molecule has 16 heavy (non-hydrogen) atoms. The molecule has 1 aromatic rings. The standard InChI is InChI=1S/C13H20FNO/c1-4-13(3,9-16)15-8-11-5-6-12(14)10(2)7-11/h5-7,15-16H,4,8-9H2,1-3H3. The van der Waals surface area contributed by atoms with Crippen molar-refractivity contribution in [2.24, 2.45) is 0 Å². The van der Waals surface area contributed by atoms with Gasteiger partial charge >= 0.3 is 0 Å². The molecule has 3 heteroatoms. The summed E-state index contributed by atoms with van der Waals surface area (Å²) < 4.78 is 13.0. The van der Waals surface area contributed by atoms with Crippen molar-refractivity contribution in [1.29, 1.82) is 0 Å². The van der Waals surface area contributed by atoms with E-state index in [1.807, 2.05) is 19.9 Å². The van der Waals surface area contributed by atoms with Gasteiger partial charge in [-0.15, -0.1) is 0 Å². The highest BCUT2D eigenvalue weighted by molar-refractivity contribution is 5.23. The lowest BCUT2D eigenvalue weighted by Gasteiger charge is -2.27. The van der Waals surface area contributed by atoms with E-state index in [0.717, 1.165) is 12.0 Å². The second kappa shape index (κ2) is 5.41. The summed E-state index contributed by atoms with van der Waals surface area (Å²) in [5.74, 6) is -0.177. The fourth-order valence-corrected chi connectivity index (χ4v) is 1.42. The normalized spacial score (nSPS) is 14.8. The van der Waals surface area contributed by atoms with E-state index in [1.54, 1.807) is 13.0 Å². The highest BCUT2D eigenvalue weighted by Gasteiger charge is 2.19. The maximum atomic E-state index is 13.0. The molecule has 2 nitrogen and oxygen atoms in total. The number of aryl methyl sites for hydroxylation is 1. The monoisotopic (exact) mass is 225 g/mol. The Morgan fingerprint density at radius 2 is 2.12 bits per heavy atom. The van der Waals surface area contributed by atoms with Crippen molar-refractivity contribution in [3.8, 4) is 0 Å². The number of rotatable bonds is 5. The number of hydrogen-bond donors (Lipinski definition) is 2. The second-order valence-electron chi connectivity index (χ2n) is 4.51. The van der Waals surface area contributed by atoms with Crippen LogP contribution < -0.4 is 5.32 Å². The number of hydrogen-bond acceptors (Lipinski definition) is 2. The molecule has 0 saturated carbocycles. The summed E-state index contributed by atoms with van der Waals surface area (Å²) in [7, 11) is 0. The SMILES string of the molecule is CCC(C)(CO)NCc1ccc(F)c(C)c1. The minimum atomic E-state index is -0.262. The van der Waals surface area contributed by atoms with Crippen LogP contribution in [0, 0.1) is 12.7 Å². The molecule has 0 radical (unpaired) electrons. The maximum absolute atomic E-state index is 13.0. The van der Waals surface area contributed by atoms with Crippen LogP contribution in [0.4, 0.5) is 4.39 Å². The molecule has 1 rings (SSSR count). The summed E-state index contributed by atoms with van der Waals surface area (Å²) in [6, 6.07) is 5.08. The average molecular weight is 225 g/mol. The first-order chi connectivity index (χ1) is 7.50. The molecular weight excluding hydrogens is 205 g/mol. The Labute approximate surface area is 96.5 Å². The van der Waals surface area contributed by atoms with Gasteiger partial charge in [0.1, 0.15) is 5.82 Å². The number of halogens is 1. The van der Waals surface area contributed by atoms with E-state index in [2.05, 4.69) is 5.32 Å². The molecule has 0 aromatic heterocycles. The van der Waals surface area contributed by atoms with Crippen LogP contribution in [0.2, 0.25) is 0 Å². The van der Waals surface area contributed by atoms with Gasteiger partial charge in [0, 0.05) is 12.1 Å². The topological polar surface area (TPSA) is 32.3 Å². The number of aliphatic hydroxyl groups is 1. The molecule has 0 bridgehead atoms. The Bertz CT molecular complexity index is 348. The molecule has 0 aliphatic rings. The van der Waals surface area contributed by atoms with Crippen LogP contribution in [-0.4, -0.2) is 17.3 Å². The Morgan fingerprint density at radius 1 is 1.44 bits per heavy atom. The highest BCUT2D eigenvalue weighted by Crippen LogP contribution is 2.12. The smallest absolute Gasteiger partial charge is 0.126 e. The van der Waals surface area contributed by atoms with E-state index in [1.165, 1.54) is 6.07 Å². The van der Waals surface area contributed by atoms with Crippen molar-refractivity contribution < 1.29 is 9.50 Å². The predicted octanol–water partition coefficient (Wildman–Crippen LogP) is 2.38. The lowest BCUT2D eigenvalue weighted by atomic mass is 9.99. The van der Waals surface area contributed by atoms with Gasteiger partial charge in [0.05, 0.1) is 6.61 Å². The van der Waals surface area contributed by atoms with Crippen molar-refractivity contribution in [3.63, 3.8) is 0 Å². The van der Waals surface area contributed by atoms with Gasteiger partial charge in [-0.1, -0.05) is 19.1 Å². The van der Waals surface area contributed by atoms with Crippen LogP contribution in [-0.2, 0) is 6.54 Å². The number of aliphatic hydroxyl groups excluding tert-OH is 1. The fraction of sp³-hybridized carbons (Fsp3) is 0.538. The molecule has 2 N–H and O–H groups in total. The van der Waals surface area contributed by atoms with Crippen molar-refractivity contribution in [1.82, 2.24) is 5.32 Å². The third-order valence-electron chi connectivity index (χ3n) is 3.07. The third-order valence-corrected chi connectivity index (χ3v) is 3.07. The van der Waals surface area contributed by atoms with Gasteiger partial charge in [0.15, 0.2) is 0 Å². The van der Waals surface area contributed by atoms with E-state index in [9.17, 15) is 9.50 Å². The molecule has 1 atom stereocenters. The maximum Gasteiger partial charge on any atom is 0.126 e. The minimum Gasteiger partial charge on any atom is -0.394 e. The molecule has 1 aromatic carbocycles. The third kappa shape index (κ3) is 3.29. The zero-order chi connectivity index (χ0) is 12.2. The van der Waals surface area contributed by atoms with Crippen LogP contribution in [0.1, 0.15) is 31.4 Å². The molecule has 0 spiro atoms. The quantitative estimate of drug-likeness (QED) is 0.806. The van der Waals surface area contributed by atoms with E-state index < -0.39 is 0 Å². The summed E-state index contributed by atoms with van der Waals surface area (Å²) in [5.41, 5.74) is 1.43. The second-order valence-corrected chi connectivity index (χ2v) is 4.51.